The molecule has 1 aliphatic heterocycles. The van der Waals surface area contributed by atoms with Gasteiger partial charge in [0.15, 0.2) is 0 Å². The molecule has 0 spiro atoms. The van der Waals surface area contributed by atoms with Gasteiger partial charge in [-0.25, -0.2) is 13.2 Å². The minimum Gasteiger partial charge on any atom is -0.480 e. The number of carbonyl (C=O) groups is 2. The fraction of sp³-hybridized carbons (Fsp3) is 0.588. The van der Waals surface area contributed by atoms with Gasteiger partial charge < -0.3 is 10.4 Å². The maximum atomic E-state index is 12.6. The highest BCUT2D eigenvalue weighted by atomic mass is 32.2. The average molecular weight is 383 g/mol. The number of piperidine rings is 1. The number of sulfonamides is 1. The summed E-state index contributed by atoms with van der Waals surface area (Å²) in [6.07, 6.45) is 4.48. The number of hydrogen-bond acceptors (Lipinski definition) is 5. The van der Waals surface area contributed by atoms with Crippen LogP contribution in [0.25, 0.3) is 0 Å². The third-order valence-electron chi connectivity index (χ3n) is 4.72. The molecule has 8 nitrogen and oxygen atoms in total. The molecule has 0 bridgehead atoms. The van der Waals surface area contributed by atoms with Crippen LogP contribution in [-0.4, -0.2) is 53.3 Å². The molecule has 2 rings (SSSR count). The van der Waals surface area contributed by atoms with Gasteiger partial charge in [-0.1, -0.05) is 13.3 Å². The Hall–Kier alpha value is -2.00. The number of carbonyl (C=O) groups excluding carboxylic acids is 1. The lowest BCUT2D eigenvalue weighted by atomic mass is 9.92. The van der Waals surface area contributed by atoms with Gasteiger partial charge in [0.05, 0.1) is 0 Å². The molecule has 144 valence electrons. The Morgan fingerprint density at radius 3 is 2.54 bits per heavy atom. The Bertz CT molecular complexity index is 745. The van der Waals surface area contributed by atoms with E-state index in [0.29, 0.717) is 25.7 Å². The van der Waals surface area contributed by atoms with Crippen molar-refractivity contribution >= 4 is 21.9 Å². The first-order chi connectivity index (χ1) is 12.2. The maximum Gasteiger partial charge on any atom is 0.329 e. The molecular formula is C17H25N3O5S. The first-order valence-electron chi connectivity index (χ1n) is 8.66. The lowest BCUT2D eigenvalue weighted by Gasteiger charge is -2.33. The SMILES string of the molecule is CCCC(C)(NC(=O)C1CCN(S(=O)(=O)c2cccnc2)CC1)C(=O)O. The van der Waals surface area contributed by atoms with Crippen molar-refractivity contribution in [3.05, 3.63) is 24.5 Å². The highest BCUT2D eigenvalue weighted by molar-refractivity contribution is 7.89. The summed E-state index contributed by atoms with van der Waals surface area (Å²) in [5.41, 5.74) is -1.30. The van der Waals surface area contributed by atoms with Crippen LogP contribution in [0.15, 0.2) is 29.4 Å². The molecule has 0 aromatic carbocycles. The van der Waals surface area contributed by atoms with Crippen molar-refractivity contribution in [1.82, 2.24) is 14.6 Å². The van der Waals surface area contributed by atoms with Crippen molar-refractivity contribution in [3.63, 3.8) is 0 Å². The molecule has 1 atom stereocenters. The first-order valence-corrected chi connectivity index (χ1v) is 10.1. The molecule has 1 fully saturated rings. The van der Waals surface area contributed by atoms with Crippen LogP contribution in [0.2, 0.25) is 0 Å². The molecule has 2 heterocycles. The van der Waals surface area contributed by atoms with Gasteiger partial charge in [0.1, 0.15) is 10.4 Å². The first kappa shape index (κ1) is 20.3. The van der Waals surface area contributed by atoms with Crippen molar-refractivity contribution in [1.29, 1.82) is 0 Å². The van der Waals surface area contributed by atoms with Crippen LogP contribution in [0.1, 0.15) is 39.5 Å². The number of amides is 1. The molecule has 1 aliphatic rings. The molecule has 0 saturated carbocycles. The highest BCUT2D eigenvalue weighted by Gasteiger charge is 2.38. The lowest BCUT2D eigenvalue weighted by Crippen LogP contribution is -2.55. The van der Waals surface area contributed by atoms with Crippen molar-refractivity contribution < 1.29 is 23.1 Å². The fourth-order valence-electron chi connectivity index (χ4n) is 3.10. The van der Waals surface area contributed by atoms with Gasteiger partial charge in [0, 0.05) is 31.4 Å². The zero-order valence-corrected chi connectivity index (χ0v) is 15.8. The third kappa shape index (κ3) is 4.39. The van der Waals surface area contributed by atoms with Crippen molar-refractivity contribution in [2.45, 2.75) is 50.0 Å². The van der Waals surface area contributed by atoms with Crippen molar-refractivity contribution in [3.8, 4) is 0 Å². The Morgan fingerprint density at radius 1 is 1.38 bits per heavy atom. The Balaban J connectivity index is 2.00. The molecule has 26 heavy (non-hydrogen) atoms. The van der Waals surface area contributed by atoms with E-state index in [1.165, 1.54) is 29.7 Å². The van der Waals surface area contributed by atoms with Gasteiger partial charge in [-0.15, -0.1) is 0 Å². The van der Waals surface area contributed by atoms with Crippen LogP contribution in [0.4, 0.5) is 0 Å². The predicted molar refractivity (Wildman–Crippen MR) is 94.8 cm³/mol. The van der Waals surface area contributed by atoms with E-state index in [4.69, 9.17) is 0 Å². The fourth-order valence-corrected chi connectivity index (χ4v) is 4.54. The van der Waals surface area contributed by atoms with Crippen LogP contribution < -0.4 is 5.32 Å². The van der Waals surface area contributed by atoms with Gasteiger partial charge in [-0.2, -0.15) is 4.31 Å². The number of aromatic nitrogens is 1. The van der Waals surface area contributed by atoms with E-state index in [1.54, 1.807) is 6.07 Å². The topological polar surface area (TPSA) is 117 Å². The number of rotatable bonds is 7. The van der Waals surface area contributed by atoms with E-state index in [1.807, 2.05) is 6.92 Å². The van der Waals surface area contributed by atoms with E-state index in [0.717, 1.165) is 0 Å². The second-order valence-corrected chi connectivity index (χ2v) is 8.68. The summed E-state index contributed by atoms with van der Waals surface area (Å²) in [5.74, 6) is -1.79. The maximum absolute atomic E-state index is 12.6. The van der Waals surface area contributed by atoms with Crippen LogP contribution in [0.5, 0.6) is 0 Å². The number of nitrogens with zero attached hydrogens (tertiary/aromatic N) is 2. The van der Waals surface area contributed by atoms with Gasteiger partial charge in [-0.3, -0.25) is 9.78 Å². The smallest absolute Gasteiger partial charge is 0.329 e. The third-order valence-corrected chi connectivity index (χ3v) is 6.60. The zero-order chi connectivity index (χ0) is 19.4. The second kappa shape index (κ2) is 8.13. The summed E-state index contributed by atoms with van der Waals surface area (Å²) in [6.45, 7) is 3.79. The van der Waals surface area contributed by atoms with Crippen molar-refractivity contribution in [2.24, 2.45) is 5.92 Å². The molecule has 1 aromatic heterocycles. The van der Waals surface area contributed by atoms with E-state index in [9.17, 15) is 23.1 Å². The Kier molecular flexibility index (Phi) is 6.35. The molecule has 2 N–H and O–H groups in total. The van der Waals surface area contributed by atoms with E-state index in [-0.39, 0.29) is 23.9 Å². The minimum atomic E-state index is -3.62. The summed E-state index contributed by atoms with van der Waals surface area (Å²) in [5, 5.41) is 12.0. The van der Waals surface area contributed by atoms with E-state index < -0.39 is 27.4 Å². The van der Waals surface area contributed by atoms with Crippen LogP contribution in [-0.2, 0) is 19.6 Å². The van der Waals surface area contributed by atoms with Crippen LogP contribution in [0, 0.1) is 5.92 Å². The molecular weight excluding hydrogens is 358 g/mol. The number of aliphatic carboxylic acids is 1. The van der Waals surface area contributed by atoms with Gasteiger partial charge in [0.25, 0.3) is 0 Å². The summed E-state index contributed by atoms with van der Waals surface area (Å²) in [4.78, 5) is 27.9. The molecule has 9 heteroatoms. The van der Waals surface area contributed by atoms with E-state index >= 15 is 0 Å². The molecule has 1 aromatic rings. The Labute approximate surface area is 153 Å². The number of hydrogen-bond donors (Lipinski definition) is 2. The summed E-state index contributed by atoms with van der Waals surface area (Å²) in [7, 11) is -3.62. The second-order valence-electron chi connectivity index (χ2n) is 6.74. The normalized spacial score (nSPS) is 18.8. The molecule has 1 unspecified atom stereocenters. The minimum absolute atomic E-state index is 0.129. The number of carboxylic acids is 1. The van der Waals surface area contributed by atoms with Crippen LogP contribution in [0.3, 0.4) is 0 Å². The predicted octanol–water partition coefficient (Wildman–Crippen LogP) is 1.24. The molecule has 0 radical (unpaired) electrons. The average Bonchev–Trinajstić information content (AvgIpc) is 2.62. The monoisotopic (exact) mass is 383 g/mol. The van der Waals surface area contributed by atoms with Gasteiger partial charge >= 0.3 is 5.97 Å². The Morgan fingerprint density at radius 2 is 2.04 bits per heavy atom. The molecule has 1 saturated heterocycles. The largest absolute Gasteiger partial charge is 0.480 e. The number of pyridine rings is 1. The summed E-state index contributed by atoms with van der Waals surface area (Å²) >= 11 is 0. The summed E-state index contributed by atoms with van der Waals surface area (Å²) < 4.78 is 26.5. The van der Waals surface area contributed by atoms with Crippen molar-refractivity contribution in [2.75, 3.05) is 13.1 Å². The van der Waals surface area contributed by atoms with Gasteiger partial charge in [-0.05, 0) is 38.3 Å². The number of nitrogens with one attached hydrogen (secondary N) is 1. The highest BCUT2D eigenvalue weighted by Crippen LogP contribution is 2.24. The standard InChI is InChI=1S/C17H25N3O5S/c1-3-8-17(2,16(22)23)19-15(21)13-6-10-20(11-7-13)26(24,25)14-5-4-9-18-12-14/h4-5,9,12-13H,3,6-8,10-11H2,1-2H3,(H,19,21)(H,22,23). The molecule has 1 amide bonds. The van der Waals surface area contributed by atoms with E-state index in [2.05, 4.69) is 10.3 Å². The van der Waals surface area contributed by atoms with Crippen LogP contribution >= 0.6 is 0 Å². The lowest BCUT2D eigenvalue weighted by molar-refractivity contribution is -0.148. The number of carboxylic acid groups (broad SMARTS) is 1. The molecule has 0 aliphatic carbocycles. The summed E-state index contributed by atoms with van der Waals surface area (Å²) in [6, 6.07) is 3.05. The quantitative estimate of drug-likeness (QED) is 0.732. The van der Waals surface area contributed by atoms with Gasteiger partial charge in [0.2, 0.25) is 15.9 Å². The zero-order valence-electron chi connectivity index (χ0n) is 15.0.